The van der Waals surface area contributed by atoms with Crippen molar-refractivity contribution in [2.75, 3.05) is 6.61 Å². The molecule has 2 saturated heterocycles. The fraction of sp³-hybridized carbons (Fsp3) is 0.636. The Hall–Kier alpha value is -1.92. The molecule has 0 aromatic heterocycles. The summed E-state index contributed by atoms with van der Waals surface area (Å²) < 4.78 is 17.3. The summed E-state index contributed by atoms with van der Waals surface area (Å²) in [5, 5.41) is 11.6. The van der Waals surface area contributed by atoms with Gasteiger partial charge in [-0.3, -0.25) is 4.79 Å². The van der Waals surface area contributed by atoms with Gasteiger partial charge in [-0.25, -0.2) is 4.79 Å². The molecule has 4 atom stereocenters. The number of rotatable bonds is 2. The first kappa shape index (κ1) is 20.8. The van der Waals surface area contributed by atoms with Crippen molar-refractivity contribution in [3.63, 3.8) is 0 Å². The molecule has 2 fully saturated rings. The van der Waals surface area contributed by atoms with Gasteiger partial charge in [0.2, 0.25) is 0 Å². The van der Waals surface area contributed by atoms with Gasteiger partial charge in [-0.1, -0.05) is 29.9 Å². The Labute approximate surface area is 166 Å². The Balaban J connectivity index is 2.04. The molecule has 28 heavy (non-hydrogen) atoms. The molecule has 0 aliphatic carbocycles. The molecule has 3 rings (SSSR count). The van der Waals surface area contributed by atoms with Gasteiger partial charge in [0.1, 0.15) is 18.3 Å². The second-order valence-corrected chi connectivity index (χ2v) is 8.35. The highest BCUT2D eigenvalue weighted by Gasteiger charge is 2.61. The average molecular weight is 390 g/mol. The summed E-state index contributed by atoms with van der Waals surface area (Å²) in [4.78, 5) is 24.0. The number of esters is 2. The van der Waals surface area contributed by atoms with Crippen LogP contribution in [0.2, 0.25) is 0 Å². The third kappa shape index (κ3) is 4.08. The largest absolute Gasteiger partial charge is 0.463 e. The molecule has 3 aliphatic rings. The van der Waals surface area contributed by atoms with Gasteiger partial charge >= 0.3 is 11.9 Å². The monoisotopic (exact) mass is 390 g/mol. The Kier molecular flexibility index (Phi) is 5.82. The van der Waals surface area contributed by atoms with Gasteiger partial charge in [-0.05, 0) is 46.0 Å². The fourth-order valence-corrected chi connectivity index (χ4v) is 4.49. The Morgan fingerprint density at radius 3 is 2.75 bits per heavy atom. The van der Waals surface area contributed by atoms with E-state index in [1.165, 1.54) is 12.5 Å². The second-order valence-electron chi connectivity index (χ2n) is 8.35. The van der Waals surface area contributed by atoms with Crippen LogP contribution < -0.4 is 0 Å². The normalized spacial score (nSPS) is 40.0. The van der Waals surface area contributed by atoms with E-state index in [1.807, 2.05) is 6.92 Å². The molecule has 6 nitrogen and oxygen atoms in total. The smallest absolute Gasteiger partial charge is 0.334 e. The van der Waals surface area contributed by atoms with Gasteiger partial charge in [0.15, 0.2) is 5.79 Å². The molecule has 0 aromatic rings. The van der Waals surface area contributed by atoms with Crippen molar-refractivity contribution in [3.8, 4) is 0 Å². The maximum atomic E-state index is 12.4. The van der Waals surface area contributed by atoms with Crippen LogP contribution >= 0.6 is 0 Å². The molecule has 0 spiro atoms. The third-order valence-corrected chi connectivity index (χ3v) is 6.04. The number of aliphatic hydroxyl groups is 1. The van der Waals surface area contributed by atoms with E-state index in [0.717, 1.165) is 18.4 Å². The molecule has 3 aliphatic heterocycles. The predicted molar refractivity (Wildman–Crippen MR) is 103 cm³/mol. The molecule has 0 amide bonds. The highest BCUT2D eigenvalue weighted by molar-refractivity contribution is 5.89. The van der Waals surface area contributed by atoms with E-state index in [2.05, 4.69) is 25.7 Å². The number of carbonyl (C=O) groups is 2. The molecule has 3 heterocycles. The zero-order valence-electron chi connectivity index (χ0n) is 17.0. The lowest BCUT2D eigenvalue weighted by Crippen LogP contribution is -2.66. The van der Waals surface area contributed by atoms with E-state index in [-0.39, 0.29) is 18.6 Å². The van der Waals surface area contributed by atoms with Crippen LogP contribution in [0.4, 0.5) is 0 Å². The SMILES string of the molecule is C=C1C(=O)O[C@@H]2C[C@H]1[C@]1(O)C/C(C)=C/CC/C(C)=C/CC[C@]2(COC(C)=O)O1. The van der Waals surface area contributed by atoms with Crippen molar-refractivity contribution in [1.29, 1.82) is 0 Å². The van der Waals surface area contributed by atoms with Crippen molar-refractivity contribution in [2.24, 2.45) is 5.92 Å². The first-order chi connectivity index (χ1) is 13.2. The molecule has 0 unspecified atom stereocenters. The van der Waals surface area contributed by atoms with E-state index in [9.17, 15) is 14.7 Å². The standard InChI is InChI=1S/C22H30O6/c1-14-7-5-8-15(2)12-22(25)18-11-19(27-20(24)16(18)3)21(28-22,10-6-9-14)13-26-17(4)23/h8-9,18-19,25H,3,5-7,10-13H2,1-2,4H3/b14-9+,15-8+/t18-,19-,21-,22+/m1/s1. The fourth-order valence-electron chi connectivity index (χ4n) is 4.49. The zero-order valence-corrected chi connectivity index (χ0v) is 17.0. The molecular weight excluding hydrogens is 360 g/mol. The second kappa shape index (κ2) is 7.84. The first-order valence-electron chi connectivity index (χ1n) is 9.92. The topological polar surface area (TPSA) is 82.1 Å². The van der Waals surface area contributed by atoms with E-state index in [0.29, 0.717) is 19.3 Å². The summed E-state index contributed by atoms with van der Waals surface area (Å²) in [6.07, 6.45) is 7.28. The molecule has 0 aromatic carbocycles. The average Bonchev–Trinajstić information content (AvgIpc) is 2.60. The summed E-state index contributed by atoms with van der Waals surface area (Å²) in [5.41, 5.74) is 1.40. The lowest BCUT2D eigenvalue weighted by molar-refractivity contribution is -0.351. The van der Waals surface area contributed by atoms with E-state index < -0.39 is 35.3 Å². The van der Waals surface area contributed by atoms with Crippen LogP contribution in [-0.2, 0) is 23.8 Å². The summed E-state index contributed by atoms with van der Waals surface area (Å²) >= 11 is 0. The highest BCUT2D eigenvalue weighted by Crippen LogP contribution is 2.50. The van der Waals surface area contributed by atoms with Gasteiger partial charge < -0.3 is 19.3 Å². The minimum Gasteiger partial charge on any atom is -0.463 e. The minimum absolute atomic E-state index is 0.0720. The number of hydrogen-bond acceptors (Lipinski definition) is 6. The number of carbonyl (C=O) groups excluding carboxylic acids is 2. The van der Waals surface area contributed by atoms with Crippen LogP contribution in [0, 0.1) is 5.92 Å². The Morgan fingerprint density at radius 2 is 2.04 bits per heavy atom. The first-order valence-corrected chi connectivity index (χ1v) is 9.92. The van der Waals surface area contributed by atoms with Gasteiger partial charge in [0.25, 0.3) is 0 Å². The van der Waals surface area contributed by atoms with Gasteiger partial charge in [0, 0.05) is 24.8 Å². The van der Waals surface area contributed by atoms with Crippen molar-refractivity contribution >= 4 is 11.9 Å². The van der Waals surface area contributed by atoms with Crippen LogP contribution in [0.1, 0.15) is 59.3 Å². The zero-order chi connectivity index (χ0) is 20.5. The van der Waals surface area contributed by atoms with Crippen molar-refractivity contribution < 1.29 is 28.9 Å². The molecule has 4 bridgehead atoms. The van der Waals surface area contributed by atoms with Crippen LogP contribution in [0.3, 0.4) is 0 Å². The lowest BCUT2D eigenvalue weighted by Gasteiger charge is -2.55. The molecule has 1 N–H and O–H groups in total. The number of hydrogen-bond donors (Lipinski definition) is 1. The molecular formula is C22H30O6. The van der Waals surface area contributed by atoms with Gasteiger partial charge in [-0.15, -0.1) is 0 Å². The van der Waals surface area contributed by atoms with E-state index in [1.54, 1.807) is 0 Å². The molecule has 0 radical (unpaired) electrons. The van der Waals surface area contributed by atoms with Crippen LogP contribution in [-0.4, -0.2) is 41.1 Å². The Morgan fingerprint density at radius 1 is 1.32 bits per heavy atom. The van der Waals surface area contributed by atoms with Crippen LogP contribution in [0.25, 0.3) is 0 Å². The van der Waals surface area contributed by atoms with Crippen molar-refractivity contribution in [2.45, 2.75) is 76.8 Å². The maximum Gasteiger partial charge on any atom is 0.334 e. The highest BCUT2D eigenvalue weighted by atomic mass is 16.7. The number of ether oxygens (including phenoxy) is 3. The number of fused-ring (bicyclic) bond motifs is 6. The van der Waals surface area contributed by atoms with Crippen molar-refractivity contribution in [3.05, 3.63) is 35.5 Å². The van der Waals surface area contributed by atoms with E-state index >= 15 is 0 Å². The molecule has 6 heteroatoms. The van der Waals surface area contributed by atoms with Crippen LogP contribution in [0.5, 0.6) is 0 Å². The lowest BCUT2D eigenvalue weighted by atomic mass is 9.72. The van der Waals surface area contributed by atoms with E-state index in [4.69, 9.17) is 14.2 Å². The maximum absolute atomic E-state index is 12.4. The summed E-state index contributed by atoms with van der Waals surface area (Å²) in [6, 6.07) is 0. The number of allylic oxidation sites excluding steroid dienone is 3. The summed E-state index contributed by atoms with van der Waals surface area (Å²) in [6.45, 7) is 9.14. The quantitative estimate of drug-likeness (QED) is 0.442. The Bertz CT molecular complexity index is 735. The summed E-state index contributed by atoms with van der Waals surface area (Å²) in [5.74, 6) is -3.10. The van der Waals surface area contributed by atoms with Gasteiger partial charge in [0.05, 0.1) is 0 Å². The molecule has 0 saturated carbocycles. The van der Waals surface area contributed by atoms with Crippen molar-refractivity contribution in [1.82, 2.24) is 0 Å². The summed E-state index contributed by atoms with van der Waals surface area (Å²) in [7, 11) is 0. The third-order valence-electron chi connectivity index (χ3n) is 6.04. The van der Waals surface area contributed by atoms with Gasteiger partial charge in [-0.2, -0.15) is 0 Å². The predicted octanol–water partition coefficient (Wildman–Crippen LogP) is 3.35. The van der Waals surface area contributed by atoms with Crippen LogP contribution in [0.15, 0.2) is 35.5 Å². The minimum atomic E-state index is -1.59. The molecule has 154 valence electrons.